The molecule has 5 nitrogen and oxygen atoms in total. The molecule has 0 aromatic carbocycles. The largest absolute Gasteiger partial charge is 0.382 e. The Morgan fingerprint density at radius 2 is 2.21 bits per heavy atom. The lowest BCUT2D eigenvalue weighted by Gasteiger charge is -2.03. The SMILES string of the molecule is CCCNc1snc(N)c1S(C)(=O)=O. The fourth-order valence-electron chi connectivity index (χ4n) is 1.00. The first-order valence-corrected chi connectivity index (χ1v) is 6.82. The van der Waals surface area contributed by atoms with Gasteiger partial charge in [0, 0.05) is 12.8 Å². The number of nitrogens with one attached hydrogen (secondary N) is 1. The lowest BCUT2D eigenvalue weighted by atomic mass is 10.5. The highest BCUT2D eigenvalue weighted by Crippen LogP contribution is 2.30. The van der Waals surface area contributed by atoms with Gasteiger partial charge in [-0.15, -0.1) is 0 Å². The number of nitrogen functional groups attached to an aromatic ring is 1. The summed E-state index contributed by atoms with van der Waals surface area (Å²) in [7, 11) is -3.29. The smallest absolute Gasteiger partial charge is 0.182 e. The van der Waals surface area contributed by atoms with Crippen LogP contribution in [-0.4, -0.2) is 25.6 Å². The van der Waals surface area contributed by atoms with Gasteiger partial charge in [-0.2, -0.15) is 4.37 Å². The van der Waals surface area contributed by atoms with Gasteiger partial charge in [0.25, 0.3) is 0 Å². The van der Waals surface area contributed by atoms with Crippen molar-refractivity contribution in [2.75, 3.05) is 23.9 Å². The van der Waals surface area contributed by atoms with E-state index in [2.05, 4.69) is 9.69 Å². The molecule has 0 unspecified atom stereocenters. The third-order valence-electron chi connectivity index (χ3n) is 1.58. The van der Waals surface area contributed by atoms with E-state index in [0.29, 0.717) is 11.5 Å². The van der Waals surface area contributed by atoms with E-state index in [1.165, 1.54) is 0 Å². The number of aromatic nitrogens is 1. The first kappa shape index (κ1) is 11.3. The Morgan fingerprint density at radius 3 is 2.71 bits per heavy atom. The van der Waals surface area contributed by atoms with E-state index in [4.69, 9.17) is 5.73 Å². The molecule has 1 aromatic heterocycles. The summed E-state index contributed by atoms with van der Waals surface area (Å²) in [4.78, 5) is 0.121. The average Bonchev–Trinajstić information content (AvgIpc) is 2.42. The Balaban J connectivity index is 3.07. The van der Waals surface area contributed by atoms with Gasteiger partial charge in [-0.3, -0.25) is 0 Å². The van der Waals surface area contributed by atoms with Crippen LogP contribution in [0, 0.1) is 0 Å². The van der Waals surface area contributed by atoms with Crippen molar-refractivity contribution in [3.63, 3.8) is 0 Å². The molecule has 0 aliphatic carbocycles. The lowest BCUT2D eigenvalue weighted by Crippen LogP contribution is -2.06. The summed E-state index contributed by atoms with van der Waals surface area (Å²) in [6.45, 7) is 2.71. The summed E-state index contributed by atoms with van der Waals surface area (Å²) in [5.74, 6) is 0.0797. The molecule has 0 fully saturated rings. The zero-order chi connectivity index (χ0) is 10.8. The van der Waals surface area contributed by atoms with Gasteiger partial charge in [0.2, 0.25) is 0 Å². The van der Waals surface area contributed by atoms with Crippen LogP contribution in [-0.2, 0) is 9.84 Å². The van der Waals surface area contributed by atoms with E-state index in [0.717, 1.165) is 24.2 Å². The number of nitrogens with zero attached hydrogens (tertiary/aromatic N) is 1. The maximum Gasteiger partial charge on any atom is 0.182 e. The molecule has 0 radical (unpaired) electrons. The minimum Gasteiger partial charge on any atom is -0.382 e. The van der Waals surface area contributed by atoms with Crippen LogP contribution in [0.3, 0.4) is 0 Å². The van der Waals surface area contributed by atoms with Crippen molar-refractivity contribution in [3.05, 3.63) is 0 Å². The van der Waals surface area contributed by atoms with Gasteiger partial charge < -0.3 is 11.1 Å². The first-order chi connectivity index (χ1) is 6.46. The van der Waals surface area contributed by atoms with Crippen LogP contribution in [0.25, 0.3) is 0 Å². The zero-order valence-electron chi connectivity index (χ0n) is 8.07. The van der Waals surface area contributed by atoms with Crippen molar-refractivity contribution in [1.29, 1.82) is 0 Å². The van der Waals surface area contributed by atoms with E-state index < -0.39 is 9.84 Å². The monoisotopic (exact) mass is 235 g/mol. The van der Waals surface area contributed by atoms with Crippen LogP contribution >= 0.6 is 11.5 Å². The summed E-state index contributed by atoms with van der Waals surface area (Å²) in [6, 6.07) is 0. The second kappa shape index (κ2) is 4.14. The molecule has 0 amide bonds. The second-order valence-electron chi connectivity index (χ2n) is 2.93. The third kappa shape index (κ3) is 2.36. The summed E-state index contributed by atoms with van der Waals surface area (Å²) in [6.07, 6.45) is 2.05. The van der Waals surface area contributed by atoms with Crippen molar-refractivity contribution < 1.29 is 8.42 Å². The number of hydrogen-bond donors (Lipinski definition) is 2. The lowest BCUT2D eigenvalue weighted by molar-refractivity contribution is 0.602. The number of anilines is 2. The zero-order valence-corrected chi connectivity index (χ0v) is 9.70. The molecular weight excluding hydrogens is 222 g/mol. The van der Waals surface area contributed by atoms with Gasteiger partial charge in [-0.25, -0.2) is 8.42 Å². The van der Waals surface area contributed by atoms with Crippen molar-refractivity contribution in [2.24, 2.45) is 0 Å². The molecule has 0 saturated carbocycles. The van der Waals surface area contributed by atoms with Gasteiger partial charge in [-0.1, -0.05) is 6.92 Å². The number of hydrogen-bond acceptors (Lipinski definition) is 6. The normalized spacial score (nSPS) is 11.6. The minimum absolute atomic E-state index is 0.0797. The van der Waals surface area contributed by atoms with Crippen LogP contribution in [0.1, 0.15) is 13.3 Å². The molecule has 0 saturated heterocycles. The quantitative estimate of drug-likeness (QED) is 0.811. The van der Waals surface area contributed by atoms with Crippen molar-refractivity contribution in [3.8, 4) is 0 Å². The topological polar surface area (TPSA) is 85.1 Å². The van der Waals surface area contributed by atoms with Crippen LogP contribution in [0.2, 0.25) is 0 Å². The van der Waals surface area contributed by atoms with Crippen LogP contribution in [0.15, 0.2) is 4.90 Å². The molecule has 0 aliphatic rings. The van der Waals surface area contributed by atoms with Gasteiger partial charge in [-0.05, 0) is 18.0 Å². The van der Waals surface area contributed by atoms with E-state index in [1.54, 1.807) is 0 Å². The number of rotatable bonds is 4. The van der Waals surface area contributed by atoms with Crippen LogP contribution < -0.4 is 11.1 Å². The highest BCUT2D eigenvalue weighted by molar-refractivity contribution is 7.91. The molecule has 0 bridgehead atoms. The highest BCUT2D eigenvalue weighted by atomic mass is 32.2. The van der Waals surface area contributed by atoms with Crippen molar-refractivity contribution in [2.45, 2.75) is 18.2 Å². The summed E-state index contributed by atoms with van der Waals surface area (Å²) in [5.41, 5.74) is 5.48. The number of sulfone groups is 1. The predicted molar refractivity (Wildman–Crippen MR) is 58.4 cm³/mol. The molecule has 0 spiro atoms. The van der Waals surface area contributed by atoms with Crippen molar-refractivity contribution in [1.82, 2.24) is 4.37 Å². The average molecular weight is 235 g/mol. The van der Waals surface area contributed by atoms with E-state index in [1.807, 2.05) is 6.92 Å². The van der Waals surface area contributed by atoms with Gasteiger partial charge in [0.1, 0.15) is 9.90 Å². The maximum atomic E-state index is 11.3. The molecular formula is C7H13N3O2S2. The van der Waals surface area contributed by atoms with Crippen LogP contribution in [0.4, 0.5) is 10.8 Å². The minimum atomic E-state index is -3.29. The molecule has 7 heteroatoms. The fraction of sp³-hybridized carbons (Fsp3) is 0.571. The molecule has 1 rings (SSSR count). The van der Waals surface area contributed by atoms with Gasteiger partial charge in [0.15, 0.2) is 15.7 Å². The van der Waals surface area contributed by atoms with Crippen molar-refractivity contribution >= 4 is 32.2 Å². The summed E-state index contributed by atoms with van der Waals surface area (Å²) < 4.78 is 26.5. The van der Waals surface area contributed by atoms with E-state index in [9.17, 15) is 8.42 Å². The molecule has 80 valence electrons. The Morgan fingerprint density at radius 1 is 1.57 bits per heavy atom. The molecule has 14 heavy (non-hydrogen) atoms. The molecule has 1 heterocycles. The number of nitrogens with two attached hydrogens (primary N) is 1. The molecule has 0 atom stereocenters. The Kier molecular flexibility index (Phi) is 3.33. The first-order valence-electron chi connectivity index (χ1n) is 4.16. The Hall–Kier alpha value is -0.820. The second-order valence-corrected chi connectivity index (χ2v) is 5.65. The van der Waals surface area contributed by atoms with Gasteiger partial charge >= 0.3 is 0 Å². The summed E-state index contributed by atoms with van der Waals surface area (Å²) in [5, 5.41) is 3.52. The molecule has 0 aliphatic heterocycles. The van der Waals surface area contributed by atoms with Crippen LogP contribution in [0.5, 0.6) is 0 Å². The predicted octanol–water partition coefficient (Wildman–Crippen LogP) is 0.951. The van der Waals surface area contributed by atoms with Gasteiger partial charge in [0.05, 0.1) is 0 Å². The van der Waals surface area contributed by atoms with E-state index in [-0.39, 0.29) is 10.7 Å². The third-order valence-corrected chi connectivity index (χ3v) is 3.68. The Bertz CT molecular complexity index is 411. The summed E-state index contributed by atoms with van der Waals surface area (Å²) >= 11 is 1.08. The molecule has 3 N–H and O–H groups in total. The highest BCUT2D eigenvalue weighted by Gasteiger charge is 2.20. The maximum absolute atomic E-state index is 11.3. The molecule has 1 aromatic rings. The standard InChI is InChI=1S/C7H13N3O2S2/c1-3-4-9-7-5(14(2,11)12)6(8)10-13-7/h9H,3-4H2,1-2H3,(H2,8,10). The fourth-order valence-corrected chi connectivity index (χ4v) is 3.10. The Labute approximate surface area is 87.4 Å². The van der Waals surface area contributed by atoms with E-state index >= 15 is 0 Å².